The molecule has 0 bridgehead atoms. The van der Waals surface area contributed by atoms with Gasteiger partial charge in [0.25, 0.3) is 5.91 Å². The summed E-state index contributed by atoms with van der Waals surface area (Å²) >= 11 is 0. The molecule has 1 saturated carbocycles. The van der Waals surface area contributed by atoms with E-state index in [1.54, 1.807) is 42.5 Å². The lowest BCUT2D eigenvalue weighted by Gasteiger charge is -2.29. The average molecular weight is 581 g/mol. The van der Waals surface area contributed by atoms with Crippen LogP contribution in [0.4, 0.5) is 5.69 Å². The van der Waals surface area contributed by atoms with Gasteiger partial charge in [0.2, 0.25) is 5.91 Å². The third kappa shape index (κ3) is 7.92. The molecule has 3 N–H and O–H groups in total. The Morgan fingerprint density at radius 2 is 1.44 bits per heavy atom. The lowest BCUT2D eigenvalue weighted by atomic mass is 9.92. The van der Waals surface area contributed by atoms with E-state index in [1.165, 1.54) is 6.07 Å². The second-order valence-electron chi connectivity index (χ2n) is 11.4. The number of fused-ring (bicyclic) bond motifs is 1. The SMILES string of the molecule is CC(C)CC(=O)NC1CCC(Oc2ccc3cc(Oc4ccc(C(=O)Nc5ccccc5C(=O)O)cc4)ccc3c2)CC1. The maximum absolute atomic E-state index is 12.7. The van der Waals surface area contributed by atoms with Crippen LogP contribution >= 0.6 is 0 Å². The van der Waals surface area contributed by atoms with Crippen LogP contribution in [0.2, 0.25) is 0 Å². The van der Waals surface area contributed by atoms with Crippen molar-refractivity contribution in [3.8, 4) is 17.2 Å². The summed E-state index contributed by atoms with van der Waals surface area (Å²) in [5.41, 5.74) is 0.639. The normalized spacial score (nSPS) is 16.4. The molecule has 5 rings (SSSR count). The zero-order valence-corrected chi connectivity index (χ0v) is 24.3. The largest absolute Gasteiger partial charge is 0.490 e. The van der Waals surface area contributed by atoms with Crippen molar-refractivity contribution in [2.45, 2.75) is 58.1 Å². The molecule has 0 heterocycles. The zero-order valence-electron chi connectivity index (χ0n) is 24.3. The van der Waals surface area contributed by atoms with Crippen molar-refractivity contribution in [2.75, 3.05) is 5.32 Å². The number of nitrogens with one attached hydrogen (secondary N) is 2. The van der Waals surface area contributed by atoms with Gasteiger partial charge in [0.15, 0.2) is 0 Å². The highest BCUT2D eigenvalue weighted by Gasteiger charge is 2.24. The van der Waals surface area contributed by atoms with Crippen molar-refractivity contribution in [3.05, 3.63) is 96.1 Å². The number of hydrogen-bond donors (Lipinski definition) is 3. The van der Waals surface area contributed by atoms with Crippen molar-refractivity contribution in [3.63, 3.8) is 0 Å². The monoisotopic (exact) mass is 580 g/mol. The maximum Gasteiger partial charge on any atom is 0.337 e. The molecule has 4 aromatic carbocycles. The van der Waals surface area contributed by atoms with Crippen LogP contribution < -0.4 is 20.1 Å². The number of carbonyl (C=O) groups excluding carboxylic acids is 2. The summed E-state index contributed by atoms with van der Waals surface area (Å²) in [6.45, 7) is 4.11. The molecule has 1 aliphatic carbocycles. The number of ether oxygens (including phenoxy) is 2. The van der Waals surface area contributed by atoms with E-state index in [1.807, 2.05) is 36.4 Å². The molecule has 0 unspecified atom stereocenters. The second kappa shape index (κ2) is 13.4. The van der Waals surface area contributed by atoms with Crippen LogP contribution in [0.3, 0.4) is 0 Å². The Balaban J connectivity index is 1.15. The van der Waals surface area contributed by atoms with Crippen molar-refractivity contribution >= 4 is 34.2 Å². The summed E-state index contributed by atoms with van der Waals surface area (Å²) < 4.78 is 12.3. The van der Waals surface area contributed by atoms with Gasteiger partial charge in [-0.25, -0.2) is 4.79 Å². The fourth-order valence-electron chi connectivity index (χ4n) is 5.30. The molecule has 0 radical (unpaired) electrons. The first-order valence-corrected chi connectivity index (χ1v) is 14.6. The van der Waals surface area contributed by atoms with Gasteiger partial charge in [0, 0.05) is 18.0 Å². The van der Waals surface area contributed by atoms with Crippen LogP contribution in [0.1, 0.15) is 66.7 Å². The quantitative estimate of drug-likeness (QED) is 0.180. The van der Waals surface area contributed by atoms with Gasteiger partial charge in [0.05, 0.1) is 17.4 Å². The van der Waals surface area contributed by atoms with Crippen LogP contribution in [0.5, 0.6) is 17.2 Å². The fourth-order valence-corrected chi connectivity index (χ4v) is 5.30. The minimum atomic E-state index is -1.11. The summed E-state index contributed by atoms with van der Waals surface area (Å²) in [6.07, 6.45) is 4.37. The predicted octanol–water partition coefficient (Wildman–Crippen LogP) is 7.43. The number of carboxylic acids is 1. The third-order valence-electron chi connectivity index (χ3n) is 7.48. The summed E-state index contributed by atoms with van der Waals surface area (Å²) in [7, 11) is 0. The molecule has 222 valence electrons. The first-order chi connectivity index (χ1) is 20.7. The van der Waals surface area contributed by atoms with Gasteiger partial charge < -0.3 is 25.2 Å². The molecule has 8 nitrogen and oxygen atoms in total. The van der Waals surface area contributed by atoms with Crippen LogP contribution in [0.15, 0.2) is 84.9 Å². The Kier molecular flexibility index (Phi) is 9.25. The number of carboxylic acid groups (broad SMARTS) is 1. The Bertz CT molecular complexity index is 1610. The van der Waals surface area contributed by atoms with E-state index in [4.69, 9.17) is 9.47 Å². The lowest BCUT2D eigenvalue weighted by molar-refractivity contribution is -0.122. The van der Waals surface area contributed by atoms with Crippen molar-refractivity contribution in [2.24, 2.45) is 5.92 Å². The Labute approximate surface area is 251 Å². The molecule has 0 aliphatic heterocycles. The number of amides is 2. The van der Waals surface area contributed by atoms with Gasteiger partial charge in [-0.1, -0.05) is 38.1 Å². The lowest BCUT2D eigenvalue weighted by Crippen LogP contribution is -2.40. The molecule has 0 atom stereocenters. The molecule has 0 spiro atoms. The predicted molar refractivity (Wildman–Crippen MR) is 166 cm³/mol. The number of aromatic carboxylic acids is 1. The molecule has 8 heteroatoms. The van der Waals surface area contributed by atoms with Gasteiger partial charge in [-0.2, -0.15) is 0 Å². The number of anilines is 1. The highest BCUT2D eigenvalue weighted by Crippen LogP contribution is 2.30. The van der Waals surface area contributed by atoms with Gasteiger partial charge in [-0.05, 0) is 103 Å². The van der Waals surface area contributed by atoms with E-state index in [-0.39, 0.29) is 29.3 Å². The van der Waals surface area contributed by atoms with Gasteiger partial charge in [0.1, 0.15) is 17.2 Å². The fraction of sp³-hybridized carbons (Fsp3) is 0.286. The van der Waals surface area contributed by atoms with E-state index in [0.29, 0.717) is 29.4 Å². The van der Waals surface area contributed by atoms with E-state index in [9.17, 15) is 19.5 Å². The van der Waals surface area contributed by atoms with Crippen LogP contribution in [-0.2, 0) is 4.79 Å². The topological polar surface area (TPSA) is 114 Å². The summed E-state index contributed by atoms with van der Waals surface area (Å²) in [5.74, 6) is 1.03. The minimum Gasteiger partial charge on any atom is -0.490 e. The molecule has 1 fully saturated rings. The number of rotatable bonds is 10. The van der Waals surface area contributed by atoms with Gasteiger partial charge in [-0.15, -0.1) is 0 Å². The number of para-hydroxylation sites is 1. The second-order valence-corrected chi connectivity index (χ2v) is 11.4. The number of hydrogen-bond acceptors (Lipinski definition) is 5. The van der Waals surface area contributed by atoms with Crippen LogP contribution in [0.25, 0.3) is 10.8 Å². The first-order valence-electron chi connectivity index (χ1n) is 14.6. The van der Waals surface area contributed by atoms with E-state index < -0.39 is 11.9 Å². The Hall–Kier alpha value is -4.85. The Morgan fingerprint density at radius 1 is 0.814 bits per heavy atom. The zero-order chi connectivity index (χ0) is 30.3. The molecule has 2 amide bonds. The number of benzene rings is 4. The third-order valence-corrected chi connectivity index (χ3v) is 7.48. The molecule has 0 aromatic heterocycles. The van der Waals surface area contributed by atoms with E-state index in [2.05, 4.69) is 24.5 Å². The average Bonchev–Trinajstić information content (AvgIpc) is 2.98. The van der Waals surface area contributed by atoms with Crippen molar-refractivity contribution in [1.29, 1.82) is 0 Å². The molecule has 1 aliphatic rings. The first kappa shape index (κ1) is 29.6. The Morgan fingerprint density at radius 3 is 2.12 bits per heavy atom. The van der Waals surface area contributed by atoms with Crippen molar-refractivity contribution in [1.82, 2.24) is 5.32 Å². The standard InChI is InChI=1S/C35H36N2O6/c1-22(2)19-33(38)36-26-11-17-28(18-12-26)43-30-16-10-24-20-29(15-9-25(24)21-30)42-27-13-7-23(8-14-27)34(39)37-32-6-4-3-5-31(32)35(40)41/h3-10,13-16,20-22,26,28H,11-12,17-19H2,1-2H3,(H,36,38)(H,37,39)(H,40,41). The molecular weight excluding hydrogens is 544 g/mol. The highest BCUT2D eigenvalue weighted by atomic mass is 16.5. The highest BCUT2D eigenvalue weighted by molar-refractivity contribution is 6.07. The summed E-state index contributed by atoms with van der Waals surface area (Å²) in [6, 6.07) is 25.0. The van der Waals surface area contributed by atoms with E-state index >= 15 is 0 Å². The minimum absolute atomic E-state index is 0.0251. The smallest absolute Gasteiger partial charge is 0.337 e. The van der Waals surface area contributed by atoms with Crippen LogP contribution in [0, 0.1) is 5.92 Å². The molecule has 43 heavy (non-hydrogen) atoms. The van der Waals surface area contributed by atoms with Gasteiger partial charge >= 0.3 is 5.97 Å². The maximum atomic E-state index is 12.7. The molecule has 0 saturated heterocycles. The van der Waals surface area contributed by atoms with Gasteiger partial charge in [-0.3, -0.25) is 9.59 Å². The van der Waals surface area contributed by atoms with Crippen LogP contribution in [-0.4, -0.2) is 35.0 Å². The number of carbonyl (C=O) groups is 3. The molecular formula is C35H36N2O6. The van der Waals surface area contributed by atoms with Crippen molar-refractivity contribution < 1.29 is 29.0 Å². The summed E-state index contributed by atoms with van der Waals surface area (Å²) in [5, 5.41) is 17.2. The molecule has 4 aromatic rings. The van der Waals surface area contributed by atoms with E-state index in [0.717, 1.165) is 42.2 Å². The summed E-state index contributed by atoms with van der Waals surface area (Å²) in [4.78, 5) is 36.2.